The molecule has 4 saturated carbocycles. The van der Waals surface area contributed by atoms with Gasteiger partial charge in [-0.25, -0.2) is 17.2 Å². The summed E-state index contributed by atoms with van der Waals surface area (Å²) in [5.74, 6) is 2.26. The van der Waals surface area contributed by atoms with E-state index in [-0.39, 0.29) is 6.42 Å². The summed E-state index contributed by atoms with van der Waals surface area (Å²) in [4.78, 5) is 0. The van der Waals surface area contributed by atoms with Gasteiger partial charge in [-0.15, -0.1) is 0 Å². The van der Waals surface area contributed by atoms with E-state index >= 15 is 0 Å². The molecule has 0 aromatic heterocycles. The second kappa shape index (κ2) is 107. The summed E-state index contributed by atoms with van der Waals surface area (Å²) >= 11 is 0. The zero-order valence-electron chi connectivity index (χ0n) is 67.9. The number of methoxy groups -OCH3 is 2. The quantitative estimate of drug-likeness (QED) is 0.0629. The Morgan fingerprint density at radius 2 is 0.717 bits per heavy atom. The molecule has 92 heavy (non-hydrogen) atoms. The third kappa shape index (κ3) is 149. The van der Waals surface area contributed by atoms with E-state index in [4.69, 9.17) is 33.2 Å². The summed E-state index contributed by atoms with van der Waals surface area (Å²) in [6.07, 6.45) is 49.7. The molecule has 9 nitrogen and oxygen atoms in total. The van der Waals surface area contributed by atoms with E-state index in [9.17, 15) is 17.2 Å². The number of hydrogen-bond donors (Lipinski definition) is 0. The van der Waals surface area contributed by atoms with E-state index in [0.29, 0.717) is 11.9 Å². The van der Waals surface area contributed by atoms with Crippen molar-refractivity contribution >= 4 is 9.84 Å². The lowest BCUT2D eigenvalue weighted by atomic mass is 9.84. The van der Waals surface area contributed by atoms with E-state index in [0.717, 1.165) is 142 Å². The lowest BCUT2D eigenvalue weighted by molar-refractivity contribution is 0.0181. The maximum absolute atomic E-state index is 11.5. The van der Waals surface area contributed by atoms with Crippen LogP contribution in [0.4, 0.5) is 8.78 Å². The van der Waals surface area contributed by atoms with Gasteiger partial charge in [-0.1, -0.05) is 286 Å². The van der Waals surface area contributed by atoms with Crippen molar-refractivity contribution in [2.45, 2.75) is 402 Å². The largest absolute Gasteiger partial charge is 0.385 e. The zero-order chi connectivity index (χ0) is 72.5. The van der Waals surface area contributed by atoms with Crippen molar-refractivity contribution in [3.8, 4) is 0 Å². The van der Waals surface area contributed by atoms with Gasteiger partial charge in [0, 0.05) is 105 Å². The number of rotatable bonds is 31. The molecule has 1 saturated heterocycles. The molecule has 0 amide bonds. The van der Waals surface area contributed by atoms with Crippen LogP contribution in [0.3, 0.4) is 0 Å². The molecule has 0 aromatic rings. The molecule has 1 aliphatic heterocycles. The Morgan fingerprint density at radius 3 is 0.870 bits per heavy atom. The molecule has 0 bridgehead atoms. The first kappa shape index (κ1) is 113. The number of ether oxygens (including phenoxy) is 7. The fourth-order valence-corrected chi connectivity index (χ4v) is 8.12. The predicted octanol–water partition coefficient (Wildman–Crippen LogP) is 26.6. The summed E-state index contributed by atoms with van der Waals surface area (Å²) in [6.45, 7) is 55.5. The van der Waals surface area contributed by atoms with Gasteiger partial charge in [-0.05, 0) is 121 Å². The van der Waals surface area contributed by atoms with E-state index in [2.05, 4.69) is 118 Å². The standard InChI is InChI=1S/C8H16.C7H16O.C6H12O.2C6H14O.C6H12.2C5H12O.2C5H10.C5H12.C4H8F2.C4H10O2S.C4H10O.C4H10/c1-2-8-6-4-3-5-7-8;1-3-5-7-8-6-4-2;1-2-6-4-3-5-7-6;1-3-5-6-7-4-2;1-3-5-7-6-4-2;1-2-6-4-3-5-6;1-3-4-5-6-2;1-3-5-6-4-2;1-5-3-2-4-5;1-2-5-3-4-5;1-3-5-4-2;1-3-4(2,5)6;1-3-4-7(2,5)6;1-3-4-5-2;1-3-4-2/h8H,2-7H2,1H3;3-7H2,1-2H3;6H,2-5H2,1H3;2*3-6H2,1-2H3;6H,2-5H2,1H3;2*3-5H2,1-2H3;2*5H,2-4H2,1H3;3-5H2,1-2H3;3H2,1-2H3;3-4H2,1-2H3;3-4H2,1-2H3;3-4H2,1-2H3. The maximum atomic E-state index is 11.5. The molecular formula is C80H178F2O9S. The molecular weight excluding hydrogens is 1170 g/mol. The molecule has 572 valence electrons. The Kier molecular flexibility index (Phi) is 131. The average molecular weight is 1350 g/mol. The number of unbranched alkanes of at least 4 members (excludes halogenated alkanes) is 6. The molecule has 0 spiro atoms. The van der Waals surface area contributed by atoms with E-state index in [1.807, 2.05) is 20.8 Å². The van der Waals surface area contributed by atoms with Gasteiger partial charge in [0.2, 0.25) is 5.92 Å². The lowest BCUT2D eigenvalue weighted by Crippen LogP contribution is -2.08. The molecule has 5 fully saturated rings. The van der Waals surface area contributed by atoms with Crippen molar-refractivity contribution in [1.82, 2.24) is 0 Å². The third-order valence-corrected chi connectivity index (χ3v) is 16.0. The van der Waals surface area contributed by atoms with Crippen LogP contribution in [0.2, 0.25) is 0 Å². The molecule has 0 aromatic carbocycles. The first-order valence-electron chi connectivity index (χ1n) is 39.5. The van der Waals surface area contributed by atoms with Gasteiger partial charge < -0.3 is 33.2 Å². The highest BCUT2D eigenvalue weighted by molar-refractivity contribution is 7.90. The van der Waals surface area contributed by atoms with Crippen molar-refractivity contribution < 1.29 is 50.4 Å². The van der Waals surface area contributed by atoms with Crippen molar-refractivity contribution in [3.05, 3.63) is 0 Å². The van der Waals surface area contributed by atoms with Crippen LogP contribution in [0, 0.1) is 23.7 Å². The summed E-state index contributed by atoms with van der Waals surface area (Å²) in [5, 5.41) is 0. The van der Waals surface area contributed by atoms with Crippen LogP contribution >= 0.6 is 0 Å². The second-order valence-corrected chi connectivity index (χ2v) is 27.4. The van der Waals surface area contributed by atoms with Crippen LogP contribution in [-0.2, 0) is 43.0 Å². The van der Waals surface area contributed by atoms with Crippen LogP contribution in [0.15, 0.2) is 0 Å². The van der Waals surface area contributed by atoms with Crippen molar-refractivity contribution in [3.63, 3.8) is 0 Å². The normalized spacial score (nSPS) is 15.0. The Labute approximate surface area is 581 Å². The first-order chi connectivity index (χ1) is 44.1. The number of alkyl halides is 2. The van der Waals surface area contributed by atoms with Crippen molar-refractivity contribution in [2.24, 2.45) is 23.7 Å². The molecule has 0 radical (unpaired) electrons. The van der Waals surface area contributed by atoms with Gasteiger partial charge in [0.15, 0.2) is 0 Å². The highest BCUT2D eigenvalue weighted by Crippen LogP contribution is 2.31. The zero-order valence-corrected chi connectivity index (χ0v) is 68.7. The van der Waals surface area contributed by atoms with Crippen LogP contribution in [0.5, 0.6) is 0 Å². The number of sulfone groups is 1. The summed E-state index contributed by atoms with van der Waals surface area (Å²) in [5.41, 5.74) is 0. The van der Waals surface area contributed by atoms with Crippen LogP contribution in [0.1, 0.15) is 390 Å². The van der Waals surface area contributed by atoms with Gasteiger partial charge in [0.1, 0.15) is 9.84 Å². The number of hydrogen-bond acceptors (Lipinski definition) is 9. The minimum Gasteiger partial charge on any atom is -0.385 e. The molecule has 5 aliphatic rings. The molecule has 4 aliphatic carbocycles. The van der Waals surface area contributed by atoms with Gasteiger partial charge in [0.05, 0.1) is 6.10 Å². The van der Waals surface area contributed by atoms with E-state index in [1.54, 1.807) is 14.2 Å². The Morgan fingerprint density at radius 1 is 0.380 bits per heavy atom. The average Bonchev–Trinajstić information content (AvgIpc) is 4.10. The van der Waals surface area contributed by atoms with Crippen molar-refractivity contribution in [1.29, 1.82) is 0 Å². The molecule has 5 rings (SSSR count). The summed E-state index contributed by atoms with van der Waals surface area (Å²) in [6, 6.07) is 0. The van der Waals surface area contributed by atoms with Crippen LogP contribution < -0.4 is 0 Å². The van der Waals surface area contributed by atoms with Gasteiger partial charge in [0.25, 0.3) is 0 Å². The maximum Gasteiger partial charge on any atom is 0.245 e. The van der Waals surface area contributed by atoms with Gasteiger partial charge in [-0.3, -0.25) is 0 Å². The lowest BCUT2D eigenvalue weighted by Gasteiger charge is -2.22. The fourth-order valence-electron chi connectivity index (χ4n) is 7.38. The molecule has 1 heterocycles. The molecule has 1 unspecified atom stereocenters. The fraction of sp³-hybridized carbons (Fsp3) is 1.00. The van der Waals surface area contributed by atoms with Gasteiger partial charge >= 0.3 is 0 Å². The summed E-state index contributed by atoms with van der Waals surface area (Å²) in [7, 11) is 0.769. The minimum atomic E-state index is -2.67. The summed E-state index contributed by atoms with van der Waals surface area (Å²) < 4.78 is 78.6. The van der Waals surface area contributed by atoms with Crippen LogP contribution in [0.25, 0.3) is 0 Å². The third-order valence-electron chi connectivity index (χ3n) is 14.9. The Hall–Kier alpha value is -0.470. The second-order valence-electron chi connectivity index (χ2n) is 25.1. The van der Waals surface area contributed by atoms with Crippen LogP contribution in [-0.4, -0.2) is 119 Å². The highest BCUT2D eigenvalue weighted by Gasteiger charge is 2.18. The first-order valence-corrected chi connectivity index (χ1v) is 41.6. The minimum absolute atomic E-state index is 0.0625. The molecule has 12 heteroatoms. The molecule has 1 atom stereocenters. The van der Waals surface area contributed by atoms with E-state index in [1.165, 1.54) is 206 Å². The van der Waals surface area contributed by atoms with Crippen molar-refractivity contribution in [2.75, 3.05) is 98.9 Å². The Balaban J connectivity index is -0.0000000982. The predicted molar refractivity (Wildman–Crippen MR) is 411 cm³/mol. The molecule has 0 N–H and O–H groups in total. The number of halogens is 2. The van der Waals surface area contributed by atoms with E-state index < -0.39 is 15.8 Å². The monoisotopic (exact) mass is 1350 g/mol. The van der Waals surface area contributed by atoms with Gasteiger partial charge in [-0.2, -0.15) is 0 Å². The SMILES string of the molecule is CC1CCC1.CCC(C)(F)F.CCC1CC1.CCC1CCC1.CCC1CCCCC1.CCC1CCCO1.CCCC.CCCCC.CCCCOC.CCCCOCC.CCCCOCCC.CCCOC.CCCOCC.CCCOCCC.CCCS(C)(=O)=O. The highest BCUT2D eigenvalue weighted by atomic mass is 32.2. The Bertz CT molecular complexity index is 1150. The smallest absolute Gasteiger partial charge is 0.245 e. The topological polar surface area (TPSA) is 98.8 Å².